The highest BCUT2D eigenvalue weighted by molar-refractivity contribution is 5.94. The van der Waals surface area contributed by atoms with E-state index in [1.807, 2.05) is 37.3 Å². The summed E-state index contributed by atoms with van der Waals surface area (Å²) in [7, 11) is 0. The van der Waals surface area contributed by atoms with Crippen molar-refractivity contribution in [2.24, 2.45) is 0 Å². The molecule has 0 aliphatic heterocycles. The molecular formula is C15H13N3O. The summed E-state index contributed by atoms with van der Waals surface area (Å²) in [4.78, 5) is 15.8. The SMILES string of the molecule is Cc1ccccc1CNC(=O)c1ccnc(C#N)c1. The number of nitriles is 1. The number of carbonyl (C=O) groups is 1. The smallest absolute Gasteiger partial charge is 0.251 e. The summed E-state index contributed by atoms with van der Waals surface area (Å²) < 4.78 is 0. The zero-order valence-corrected chi connectivity index (χ0v) is 10.6. The number of aryl methyl sites for hydroxylation is 1. The largest absolute Gasteiger partial charge is 0.348 e. The zero-order valence-electron chi connectivity index (χ0n) is 10.6. The molecule has 0 fully saturated rings. The van der Waals surface area contributed by atoms with Gasteiger partial charge < -0.3 is 5.32 Å². The second-order valence-electron chi connectivity index (χ2n) is 4.15. The molecule has 1 N–H and O–H groups in total. The first kappa shape index (κ1) is 12.8. The van der Waals surface area contributed by atoms with E-state index in [-0.39, 0.29) is 11.6 Å². The predicted octanol–water partition coefficient (Wildman–Crippen LogP) is 2.19. The van der Waals surface area contributed by atoms with Gasteiger partial charge in [0.05, 0.1) is 0 Å². The number of nitrogens with zero attached hydrogens (tertiary/aromatic N) is 2. The average Bonchev–Trinajstić information content (AvgIpc) is 2.46. The Morgan fingerprint density at radius 1 is 1.37 bits per heavy atom. The van der Waals surface area contributed by atoms with Crippen LogP contribution in [0.25, 0.3) is 0 Å². The van der Waals surface area contributed by atoms with Crippen molar-refractivity contribution in [3.63, 3.8) is 0 Å². The monoisotopic (exact) mass is 251 g/mol. The lowest BCUT2D eigenvalue weighted by Gasteiger charge is -2.07. The van der Waals surface area contributed by atoms with Crippen LogP contribution in [0.5, 0.6) is 0 Å². The number of pyridine rings is 1. The first-order valence-electron chi connectivity index (χ1n) is 5.89. The minimum atomic E-state index is -0.206. The van der Waals surface area contributed by atoms with E-state index < -0.39 is 0 Å². The highest BCUT2D eigenvalue weighted by Crippen LogP contribution is 2.07. The first-order chi connectivity index (χ1) is 9.20. The van der Waals surface area contributed by atoms with E-state index in [0.717, 1.165) is 11.1 Å². The Labute approximate surface area is 111 Å². The summed E-state index contributed by atoms with van der Waals surface area (Å²) >= 11 is 0. The summed E-state index contributed by atoms with van der Waals surface area (Å²) in [6.07, 6.45) is 1.46. The van der Waals surface area contributed by atoms with Crippen molar-refractivity contribution in [1.82, 2.24) is 10.3 Å². The topological polar surface area (TPSA) is 65.8 Å². The van der Waals surface area contributed by atoms with Crippen molar-refractivity contribution in [1.29, 1.82) is 5.26 Å². The Morgan fingerprint density at radius 3 is 2.89 bits per heavy atom. The molecule has 0 unspecified atom stereocenters. The van der Waals surface area contributed by atoms with Gasteiger partial charge in [-0.1, -0.05) is 24.3 Å². The molecule has 1 heterocycles. The van der Waals surface area contributed by atoms with Gasteiger partial charge in [0.15, 0.2) is 0 Å². The van der Waals surface area contributed by atoms with Crippen molar-refractivity contribution in [3.05, 3.63) is 65.0 Å². The Kier molecular flexibility index (Phi) is 3.89. The molecule has 4 heteroatoms. The lowest BCUT2D eigenvalue weighted by Crippen LogP contribution is -2.23. The molecule has 0 bridgehead atoms. The van der Waals surface area contributed by atoms with Crippen LogP contribution < -0.4 is 5.32 Å². The number of carbonyl (C=O) groups excluding carboxylic acids is 1. The minimum absolute atomic E-state index is 0.206. The van der Waals surface area contributed by atoms with E-state index >= 15 is 0 Å². The van der Waals surface area contributed by atoms with Crippen LogP contribution >= 0.6 is 0 Å². The quantitative estimate of drug-likeness (QED) is 0.909. The fourth-order valence-electron chi connectivity index (χ4n) is 1.72. The summed E-state index contributed by atoms with van der Waals surface area (Å²) in [6.45, 7) is 2.47. The third-order valence-electron chi connectivity index (χ3n) is 2.84. The molecule has 0 aliphatic carbocycles. The fourth-order valence-corrected chi connectivity index (χ4v) is 1.72. The number of hydrogen-bond acceptors (Lipinski definition) is 3. The van der Waals surface area contributed by atoms with Crippen LogP contribution in [0.3, 0.4) is 0 Å². The van der Waals surface area contributed by atoms with E-state index in [0.29, 0.717) is 12.1 Å². The van der Waals surface area contributed by atoms with Gasteiger partial charge in [0, 0.05) is 18.3 Å². The number of rotatable bonds is 3. The number of amides is 1. The molecule has 0 saturated heterocycles. The molecule has 2 aromatic rings. The van der Waals surface area contributed by atoms with Crippen LogP contribution in [0.2, 0.25) is 0 Å². The van der Waals surface area contributed by atoms with Crippen LogP contribution in [-0.2, 0) is 6.54 Å². The van der Waals surface area contributed by atoms with Crippen molar-refractivity contribution in [2.45, 2.75) is 13.5 Å². The normalized spacial score (nSPS) is 9.68. The van der Waals surface area contributed by atoms with E-state index in [4.69, 9.17) is 5.26 Å². The van der Waals surface area contributed by atoms with Gasteiger partial charge >= 0.3 is 0 Å². The Hall–Kier alpha value is -2.67. The molecule has 0 spiro atoms. The van der Waals surface area contributed by atoms with Gasteiger partial charge in [-0.2, -0.15) is 5.26 Å². The number of aromatic nitrogens is 1. The maximum Gasteiger partial charge on any atom is 0.251 e. The molecule has 0 aliphatic rings. The molecule has 0 atom stereocenters. The van der Waals surface area contributed by atoms with Crippen molar-refractivity contribution in [2.75, 3.05) is 0 Å². The summed E-state index contributed by atoms with van der Waals surface area (Å²) in [5.41, 5.74) is 2.89. The lowest BCUT2D eigenvalue weighted by molar-refractivity contribution is 0.0950. The van der Waals surface area contributed by atoms with E-state index in [1.54, 1.807) is 6.07 Å². The van der Waals surface area contributed by atoms with E-state index in [2.05, 4.69) is 10.3 Å². The van der Waals surface area contributed by atoms with Gasteiger partial charge in [0.2, 0.25) is 0 Å². The first-order valence-corrected chi connectivity index (χ1v) is 5.89. The molecule has 19 heavy (non-hydrogen) atoms. The highest BCUT2D eigenvalue weighted by atomic mass is 16.1. The predicted molar refractivity (Wildman–Crippen MR) is 71.3 cm³/mol. The molecule has 94 valence electrons. The van der Waals surface area contributed by atoms with Gasteiger partial charge in [0.1, 0.15) is 11.8 Å². The Bertz CT molecular complexity index is 644. The van der Waals surface area contributed by atoms with Crippen molar-refractivity contribution in [3.8, 4) is 6.07 Å². The van der Waals surface area contributed by atoms with E-state index in [1.165, 1.54) is 12.3 Å². The van der Waals surface area contributed by atoms with Crippen LogP contribution in [-0.4, -0.2) is 10.9 Å². The second kappa shape index (κ2) is 5.78. The summed E-state index contributed by atoms with van der Waals surface area (Å²) in [5, 5.41) is 11.6. The molecule has 0 radical (unpaired) electrons. The van der Waals surface area contributed by atoms with E-state index in [9.17, 15) is 4.79 Å². The Morgan fingerprint density at radius 2 is 2.16 bits per heavy atom. The molecule has 4 nitrogen and oxygen atoms in total. The van der Waals surface area contributed by atoms with Gasteiger partial charge in [-0.05, 0) is 30.2 Å². The highest BCUT2D eigenvalue weighted by Gasteiger charge is 2.07. The standard InChI is InChI=1S/C15H13N3O/c1-11-4-2-3-5-13(11)10-18-15(19)12-6-7-17-14(8-12)9-16/h2-8H,10H2,1H3,(H,18,19). The third kappa shape index (κ3) is 3.17. The maximum absolute atomic E-state index is 11.9. The maximum atomic E-state index is 11.9. The average molecular weight is 251 g/mol. The van der Waals surface area contributed by atoms with Gasteiger partial charge in [-0.3, -0.25) is 4.79 Å². The van der Waals surface area contributed by atoms with Gasteiger partial charge in [0.25, 0.3) is 5.91 Å². The molecule has 1 amide bonds. The second-order valence-corrected chi connectivity index (χ2v) is 4.15. The van der Waals surface area contributed by atoms with Crippen LogP contribution in [0, 0.1) is 18.3 Å². The van der Waals surface area contributed by atoms with Crippen LogP contribution in [0.4, 0.5) is 0 Å². The minimum Gasteiger partial charge on any atom is -0.348 e. The molecular weight excluding hydrogens is 238 g/mol. The number of benzene rings is 1. The molecule has 1 aromatic carbocycles. The van der Waals surface area contributed by atoms with Gasteiger partial charge in [-0.15, -0.1) is 0 Å². The lowest BCUT2D eigenvalue weighted by atomic mass is 10.1. The molecule has 1 aromatic heterocycles. The van der Waals surface area contributed by atoms with Crippen molar-refractivity contribution < 1.29 is 4.79 Å². The van der Waals surface area contributed by atoms with Crippen LogP contribution in [0.1, 0.15) is 27.2 Å². The summed E-state index contributed by atoms with van der Waals surface area (Å²) in [5.74, 6) is -0.206. The van der Waals surface area contributed by atoms with Gasteiger partial charge in [-0.25, -0.2) is 4.98 Å². The van der Waals surface area contributed by atoms with Crippen molar-refractivity contribution >= 4 is 5.91 Å². The number of hydrogen-bond donors (Lipinski definition) is 1. The van der Waals surface area contributed by atoms with Crippen LogP contribution in [0.15, 0.2) is 42.6 Å². The molecule has 0 saturated carbocycles. The molecule has 2 rings (SSSR count). The zero-order chi connectivity index (χ0) is 13.7. The third-order valence-corrected chi connectivity index (χ3v) is 2.84. The number of nitrogens with one attached hydrogen (secondary N) is 1. The Balaban J connectivity index is 2.06. The summed E-state index contributed by atoms with van der Waals surface area (Å²) in [6, 6.07) is 12.9. The fraction of sp³-hybridized carbons (Fsp3) is 0.133.